The van der Waals surface area contributed by atoms with E-state index in [2.05, 4.69) is 24.5 Å². The predicted octanol–water partition coefficient (Wildman–Crippen LogP) is 3.28. The number of hydrogen-bond donors (Lipinski definition) is 2. The lowest BCUT2D eigenvalue weighted by molar-refractivity contribution is 0.160. The first-order valence-corrected chi connectivity index (χ1v) is 6.39. The van der Waals surface area contributed by atoms with Crippen LogP contribution in [0.3, 0.4) is 0 Å². The van der Waals surface area contributed by atoms with E-state index in [-0.39, 0.29) is 0 Å². The van der Waals surface area contributed by atoms with Gasteiger partial charge in [0.25, 0.3) is 0 Å². The summed E-state index contributed by atoms with van der Waals surface area (Å²) < 4.78 is 5.03. The van der Waals surface area contributed by atoms with Crippen LogP contribution < -0.4 is 10.6 Å². The van der Waals surface area contributed by atoms with Crippen LogP contribution in [0.25, 0.3) is 0 Å². The molecule has 1 aromatic carbocycles. The maximum Gasteiger partial charge on any atom is 0.411 e. The number of amides is 1. The van der Waals surface area contributed by atoms with Crippen molar-refractivity contribution in [2.75, 3.05) is 18.5 Å². The van der Waals surface area contributed by atoms with Crippen LogP contribution in [0.2, 0.25) is 5.02 Å². The molecule has 0 atom stereocenters. The molecule has 0 aromatic heterocycles. The molecule has 1 aromatic rings. The van der Waals surface area contributed by atoms with E-state index >= 15 is 0 Å². The zero-order valence-electron chi connectivity index (χ0n) is 10.7. The lowest BCUT2D eigenvalue weighted by atomic mass is 10.3. The first-order valence-electron chi connectivity index (χ1n) is 6.01. The third-order valence-electron chi connectivity index (χ3n) is 2.22. The number of halogens is 1. The zero-order valence-corrected chi connectivity index (χ0v) is 11.5. The molecule has 0 aliphatic carbocycles. The second kappa shape index (κ2) is 7.95. The van der Waals surface area contributed by atoms with Gasteiger partial charge in [0, 0.05) is 6.04 Å². The van der Waals surface area contributed by atoms with Gasteiger partial charge in [-0.25, -0.2) is 4.79 Å². The van der Waals surface area contributed by atoms with Crippen molar-refractivity contribution in [2.45, 2.75) is 26.3 Å². The van der Waals surface area contributed by atoms with Gasteiger partial charge in [0.05, 0.1) is 17.3 Å². The number of ether oxygens (including phenoxy) is 1. The summed E-state index contributed by atoms with van der Waals surface area (Å²) >= 11 is 5.91. The van der Waals surface area contributed by atoms with Crippen LogP contribution in [0.5, 0.6) is 0 Å². The van der Waals surface area contributed by atoms with Gasteiger partial charge in [-0.3, -0.25) is 5.32 Å². The van der Waals surface area contributed by atoms with Crippen molar-refractivity contribution < 1.29 is 9.53 Å². The Labute approximate surface area is 113 Å². The topological polar surface area (TPSA) is 50.4 Å². The van der Waals surface area contributed by atoms with E-state index < -0.39 is 6.09 Å². The molecule has 4 nitrogen and oxygen atoms in total. The van der Waals surface area contributed by atoms with E-state index in [1.54, 1.807) is 24.3 Å². The van der Waals surface area contributed by atoms with Crippen molar-refractivity contribution in [3.63, 3.8) is 0 Å². The highest BCUT2D eigenvalue weighted by atomic mass is 35.5. The Morgan fingerprint density at radius 1 is 1.39 bits per heavy atom. The minimum atomic E-state index is -0.479. The number of para-hydroxylation sites is 1. The second-order valence-corrected chi connectivity index (χ2v) is 4.61. The van der Waals surface area contributed by atoms with Crippen LogP contribution in [-0.4, -0.2) is 25.3 Å². The molecule has 0 unspecified atom stereocenters. The van der Waals surface area contributed by atoms with Crippen LogP contribution >= 0.6 is 11.6 Å². The number of carbonyl (C=O) groups is 1. The van der Waals surface area contributed by atoms with Gasteiger partial charge in [-0.2, -0.15) is 0 Å². The van der Waals surface area contributed by atoms with Crippen LogP contribution in [0.4, 0.5) is 10.5 Å². The third-order valence-corrected chi connectivity index (χ3v) is 2.55. The van der Waals surface area contributed by atoms with Crippen LogP contribution in [0.1, 0.15) is 20.3 Å². The average Bonchev–Trinajstić information content (AvgIpc) is 2.31. The highest BCUT2D eigenvalue weighted by Gasteiger charge is 2.05. The SMILES string of the molecule is CC(C)NCCCOC(=O)Nc1ccccc1Cl. The molecule has 100 valence electrons. The molecule has 0 saturated heterocycles. The van der Waals surface area contributed by atoms with Crippen molar-refractivity contribution >= 4 is 23.4 Å². The average molecular weight is 271 g/mol. The molecule has 5 heteroatoms. The highest BCUT2D eigenvalue weighted by Crippen LogP contribution is 2.20. The number of anilines is 1. The Kier molecular flexibility index (Phi) is 6.54. The zero-order chi connectivity index (χ0) is 13.4. The fraction of sp³-hybridized carbons (Fsp3) is 0.462. The van der Waals surface area contributed by atoms with Crippen LogP contribution in [0.15, 0.2) is 24.3 Å². The van der Waals surface area contributed by atoms with Gasteiger partial charge in [0.1, 0.15) is 0 Å². The number of hydrogen-bond acceptors (Lipinski definition) is 3. The normalized spacial score (nSPS) is 10.4. The summed E-state index contributed by atoms with van der Waals surface area (Å²) in [7, 11) is 0. The van der Waals surface area contributed by atoms with Crippen LogP contribution in [0, 0.1) is 0 Å². The predicted molar refractivity (Wildman–Crippen MR) is 74.2 cm³/mol. The molecule has 0 radical (unpaired) electrons. The summed E-state index contributed by atoms with van der Waals surface area (Å²) in [6.45, 7) is 5.36. The van der Waals surface area contributed by atoms with Gasteiger partial charge in [0.15, 0.2) is 0 Å². The number of carbonyl (C=O) groups excluding carboxylic acids is 1. The van der Waals surface area contributed by atoms with Gasteiger partial charge < -0.3 is 10.1 Å². The molecule has 2 N–H and O–H groups in total. The Balaban J connectivity index is 2.20. The summed E-state index contributed by atoms with van der Waals surface area (Å²) in [5.41, 5.74) is 0.560. The Morgan fingerprint density at radius 2 is 2.11 bits per heavy atom. The minimum absolute atomic E-state index is 0.385. The summed E-state index contributed by atoms with van der Waals surface area (Å²) in [5.74, 6) is 0. The molecule has 0 spiro atoms. The molecule has 0 bridgehead atoms. The number of nitrogens with one attached hydrogen (secondary N) is 2. The molecule has 1 rings (SSSR count). The van der Waals surface area contributed by atoms with Gasteiger partial charge in [-0.15, -0.1) is 0 Å². The largest absolute Gasteiger partial charge is 0.449 e. The molecule has 0 aliphatic heterocycles. The van der Waals surface area contributed by atoms with E-state index in [9.17, 15) is 4.79 Å². The van der Waals surface area contributed by atoms with E-state index in [0.717, 1.165) is 13.0 Å². The molecule has 0 fully saturated rings. The standard InChI is InChI=1S/C13H19ClN2O2/c1-10(2)15-8-5-9-18-13(17)16-12-7-4-3-6-11(12)14/h3-4,6-7,10,15H,5,8-9H2,1-2H3,(H,16,17). The molecule has 0 heterocycles. The third kappa shape index (κ3) is 5.89. The molecular weight excluding hydrogens is 252 g/mol. The maximum atomic E-state index is 11.4. The fourth-order valence-electron chi connectivity index (χ4n) is 1.34. The molecule has 1 amide bonds. The van der Waals surface area contributed by atoms with E-state index in [1.165, 1.54) is 0 Å². The first kappa shape index (κ1) is 14.8. The minimum Gasteiger partial charge on any atom is -0.449 e. The summed E-state index contributed by atoms with van der Waals surface area (Å²) in [6.07, 6.45) is 0.307. The molecular formula is C13H19ClN2O2. The molecule has 0 saturated carbocycles. The van der Waals surface area contributed by atoms with Crippen LogP contribution in [-0.2, 0) is 4.74 Å². The Hall–Kier alpha value is -1.26. The van der Waals surface area contributed by atoms with Crippen molar-refractivity contribution in [1.82, 2.24) is 5.32 Å². The number of benzene rings is 1. The molecule has 0 aliphatic rings. The second-order valence-electron chi connectivity index (χ2n) is 4.20. The lowest BCUT2D eigenvalue weighted by Gasteiger charge is -2.09. The van der Waals surface area contributed by atoms with Crippen molar-refractivity contribution in [1.29, 1.82) is 0 Å². The lowest BCUT2D eigenvalue weighted by Crippen LogP contribution is -2.25. The summed E-state index contributed by atoms with van der Waals surface area (Å²) in [5, 5.41) is 6.34. The van der Waals surface area contributed by atoms with Gasteiger partial charge in [-0.05, 0) is 25.1 Å². The van der Waals surface area contributed by atoms with E-state index in [1.807, 2.05) is 0 Å². The molecule has 18 heavy (non-hydrogen) atoms. The van der Waals surface area contributed by atoms with Gasteiger partial charge in [0.2, 0.25) is 0 Å². The van der Waals surface area contributed by atoms with Crippen molar-refractivity contribution in [2.24, 2.45) is 0 Å². The summed E-state index contributed by atoms with van der Waals surface area (Å²) in [4.78, 5) is 11.4. The van der Waals surface area contributed by atoms with Crippen molar-refractivity contribution in [3.8, 4) is 0 Å². The highest BCUT2D eigenvalue weighted by molar-refractivity contribution is 6.33. The fourth-order valence-corrected chi connectivity index (χ4v) is 1.52. The van der Waals surface area contributed by atoms with Gasteiger partial charge >= 0.3 is 6.09 Å². The first-order chi connectivity index (χ1) is 8.59. The van der Waals surface area contributed by atoms with Gasteiger partial charge in [-0.1, -0.05) is 37.6 Å². The van der Waals surface area contributed by atoms with Crippen molar-refractivity contribution in [3.05, 3.63) is 29.3 Å². The summed E-state index contributed by atoms with van der Waals surface area (Å²) in [6, 6.07) is 7.49. The Morgan fingerprint density at radius 3 is 2.78 bits per heavy atom. The quantitative estimate of drug-likeness (QED) is 0.780. The number of rotatable bonds is 6. The van der Waals surface area contributed by atoms with E-state index in [0.29, 0.717) is 23.4 Å². The smallest absolute Gasteiger partial charge is 0.411 e. The Bertz CT molecular complexity index is 383. The van der Waals surface area contributed by atoms with E-state index in [4.69, 9.17) is 16.3 Å². The monoisotopic (exact) mass is 270 g/mol. The maximum absolute atomic E-state index is 11.4.